The largest absolute Gasteiger partial charge is 0.480 e. The molecule has 20 heavy (non-hydrogen) atoms. The number of likely N-dealkylation sites (tertiary alicyclic amines) is 1. The smallest absolute Gasteiger partial charge is 0.326 e. The van der Waals surface area contributed by atoms with E-state index in [-0.39, 0.29) is 11.6 Å². The van der Waals surface area contributed by atoms with Gasteiger partial charge >= 0.3 is 12.0 Å². The third kappa shape index (κ3) is 3.62. The minimum Gasteiger partial charge on any atom is -0.480 e. The molecule has 2 saturated heterocycles. The second-order valence-corrected chi connectivity index (χ2v) is 6.04. The highest BCUT2D eigenvalue weighted by molar-refractivity contribution is 5.83. The molecule has 0 aromatic rings. The summed E-state index contributed by atoms with van der Waals surface area (Å²) in [4.78, 5) is 25.3. The van der Waals surface area contributed by atoms with Crippen LogP contribution >= 0.6 is 0 Å². The molecule has 0 saturated carbocycles. The zero-order valence-corrected chi connectivity index (χ0v) is 12.1. The summed E-state index contributed by atoms with van der Waals surface area (Å²) in [6.45, 7) is 3.69. The molecule has 2 fully saturated rings. The van der Waals surface area contributed by atoms with Crippen molar-refractivity contribution in [2.75, 3.05) is 19.8 Å². The predicted molar refractivity (Wildman–Crippen MR) is 73.6 cm³/mol. The molecular formula is C14H24N2O4. The monoisotopic (exact) mass is 284 g/mol. The molecule has 2 aliphatic rings. The molecular weight excluding hydrogens is 260 g/mol. The molecule has 6 heteroatoms. The number of carbonyl (C=O) groups excluding carboxylic acids is 1. The van der Waals surface area contributed by atoms with Crippen LogP contribution < -0.4 is 5.32 Å². The van der Waals surface area contributed by atoms with E-state index >= 15 is 0 Å². The first-order valence-electron chi connectivity index (χ1n) is 7.41. The molecule has 2 heterocycles. The first kappa shape index (κ1) is 15.1. The molecule has 2 atom stereocenters. The molecule has 0 spiro atoms. The lowest BCUT2D eigenvalue weighted by Gasteiger charge is -2.37. The van der Waals surface area contributed by atoms with E-state index in [0.717, 1.165) is 38.7 Å². The maximum absolute atomic E-state index is 12.4. The van der Waals surface area contributed by atoms with Crippen LogP contribution in [0.4, 0.5) is 4.79 Å². The van der Waals surface area contributed by atoms with Crippen LogP contribution in [0.25, 0.3) is 0 Å². The summed E-state index contributed by atoms with van der Waals surface area (Å²) in [6, 6.07) is -0.974. The summed E-state index contributed by atoms with van der Waals surface area (Å²) < 4.78 is 5.42. The molecule has 0 aromatic carbocycles. The normalized spacial score (nSPS) is 31.4. The molecule has 114 valence electrons. The van der Waals surface area contributed by atoms with Crippen LogP contribution in [0.3, 0.4) is 0 Å². The molecule has 2 unspecified atom stereocenters. The van der Waals surface area contributed by atoms with E-state index in [1.165, 1.54) is 4.90 Å². The maximum Gasteiger partial charge on any atom is 0.326 e. The van der Waals surface area contributed by atoms with Crippen molar-refractivity contribution in [3.8, 4) is 0 Å². The fourth-order valence-corrected chi connectivity index (χ4v) is 2.97. The number of hydrogen-bond acceptors (Lipinski definition) is 3. The van der Waals surface area contributed by atoms with E-state index < -0.39 is 12.0 Å². The van der Waals surface area contributed by atoms with Gasteiger partial charge in [0, 0.05) is 13.2 Å². The Morgan fingerprint density at radius 2 is 2.10 bits per heavy atom. The lowest BCUT2D eigenvalue weighted by molar-refractivity contribution is -0.142. The van der Waals surface area contributed by atoms with E-state index in [0.29, 0.717) is 19.6 Å². The predicted octanol–water partition coefficient (Wildman–Crippen LogP) is 1.59. The Morgan fingerprint density at radius 3 is 2.75 bits per heavy atom. The van der Waals surface area contributed by atoms with Crippen molar-refractivity contribution in [3.05, 3.63) is 0 Å². The first-order chi connectivity index (χ1) is 9.52. The summed E-state index contributed by atoms with van der Waals surface area (Å²) >= 11 is 0. The standard InChI is InChI=1S/C14H24N2O4/c1-14(7-5-9-20-10-14)15-13(19)16-8-4-2-3-6-11(16)12(17)18/h11H,2-10H2,1H3,(H,15,19)(H,17,18). The van der Waals surface area contributed by atoms with Gasteiger partial charge in [0.2, 0.25) is 0 Å². The average molecular weight is 284 g/mol. The number of rotatable bonds is 2. The van der Waals surface area contributed by atoms with Crippen molar-refractivity contribution in [3.63, 3.8) is 0 Å². The number of urea groups is 1. The second kappa shape index (κ2) is 6.43. The van der Waals surface area contributed by atoms with E-state index in [2.05, 4.69) is 5.32 Å². The Bertz CT molecular complexity index is 366. The lowest BCUT2D eigenvalue weighted by atomic mass is 9.95. The highest BCUT2D eigenvalue weighted by Crippen LogP contribution is 2.21. The van der Waals surface area contributed by atoms with E-state index in [1.54, 1.807) is 0 Å². The minimum atomic E-state index is -0.910. The van der Waals surface area contributed by atoms with Crippen molar-refractivity contribution < 1.29 is 19.4 Å². The first-order valence-corrected chi connectivity index (χ1v) is 7.41. The molecule has 2 amide bonds. The van der Waals surface area contributed by atoms with Crippen LogP contribution in [0.15, 0.2) is 0 Å². The minimum absolute atomic E-state index is 0.271. The number of carbonyl (C=O) groups is 2. The molecule has 6 nitrogen and oxygen atoms in total. The SMILES string of the molecule is CC1(NC(=O)N2CCCCCC2C(=O)O)CCCOC1. The molecule has 0 bridgehead atoms. The topological polar surface area (TPSA) is 78.9 Å². The van der Waals surface area contributed by atoms with E-state index in [4.69, 9.17) is 4.74 Å². The number of amides is 2. The number of carboxylic acid groups (broad SMARTS) is 1. The van der Waals surface area contributed by atoms with Crippen molar-refractivity contribution in [2.45, 2.75) is 57.0 Å². The van der Waals surface area contributed by atoms with Gasteiger partial charge in [0.15, 0.2) is 0 Å². The summed E-state index contributed by atoms with van der Waals surface area (Å²) in [5.74, 6) is -0.910. The van der Waals surface area contributed by atoms with Crippen molar-refractivity contribution in [1.29, 1.82) is 0 Å². The Morgan fingerprint density at radius 1 is 1.30 bits per heavy atom. The van der Waals surface area contributed by atoms with E-state index in [9.17, 15) is 14.7 Å². The molecule has 2 N–H and O–H groups in total. The zero-order valence-electron chi connectivity index (χ0n) is 12.1. The highest BCUT2D eigenvalue weighted by Gasteiger charge is 2.35. The number of nitrogens with zero attached hydrogens (tertiary/aromatic N) is 1. The summed E-state index contributed by atoms with van der Waals surface area (Å²) in [6.07, 6.45) is 5.03. The van der Waals surface area contributed by atoms with Gasteiger partial charge in [-0.25, -0.2) is 9.59 Å². The van der Waals surface area contributed by atoms with Crippen molar-refractivity contribution in [1.82, 2.24) is 10.2 Å². The van der Waals surface area contributed by atoms with Gasteiger partial charge in [-0.3, -0.25) is 0 Å². The van der Waals surface area contributed by atoms with Gasteiger partial charge in [-0.1, -0.05) is 12.8 Å². The van der Waals surface area contributed by atoms with Gasteiger partial charge in [0.05, 0.1) is 12.1 Å². The van der Waals surface area contributed by atoms with Gasteiger partial charge in [-0.15, -0.1) is 0 Å². The quantitative estimate of drug-likeness (QED) is 0.807. The Hall–Kier alpha value is -1.30. The third-order valence-electron chi connectivity index (χ3n) is 4.15. The molecule has 2 aliphatic heterocycles. The Labute approximate surface area is 119 Å². The number of aliphatic carboxylic acids is 1. The maximum atomic E-state index is 12.4. The Kier molecular flexibility index (Phi) is 4.86. The van der Waals surface area contributed by atoms with Crippen LogP contribution in [-0.4, -0.2) is 53.3 Å². The van der Waals surface area contributed by atoms with E-state index in [1.807, 2.05) is 6.92 Å². The van der Waals surface area contributed by atoms with Crippen molar-refractivity contribution in [2.24, 2.45) is 0 Å². The number of nitrogens with one attached hydrogen (secondary N) is 1. The molecule has 0 aromatic heterocycles. The highest BCUT2D eigenvalue weighted by atomic mass is 16.5. The lowest BCUT2D eigenvalue weighted by Crippen LogP contribution is -2.58. The fourth-order valence-electron chi connectivity index (χ4n) is 2.97. The van der Waals surface area contributed by atoms with Gasteiger partial charge in [-0.05, 0) is 32.6 Å². The number of carboxylic acids is 1. The summed E-state index contributed by atoms with van der Waals surface area (Å²) in [5, 5.41) is 12.3. The summed E-state index contributed by atoms with van der Waals surface area (Å²) in [7, 11) is 0. The van der Waals surface area contributed by atoms with Crippen LogP contribution in [0, 0.1) is 0 Å². The third-order valence-corrected chi connectivity index (χ3v) is 4.15. The van der Waals surface area contributed by atoms with Gasteiger partial charge < -0.3 is 20.1 Å². The zero-order chi connectivity index (χ0) is 14.6. The van der Waals surface area contributed by atoms with Gasteiger partial charge in [0.25, 0.3) is 0 Å². The molecule has 2 rings (SSSR count). The number of ether oxygens (including phenoxy) is 1. The number of hydrogen-bond donors (Lipinski definition) is 2. The average Bonchev–Trinajstić information content (AvgIpc) is 2.64. The van der Waals surface area contributed by atoms with Crippen LogP contribution in [0.1, 0.15) is 45.4 Å². The van der Waals surface area contributed by atoms with Crippen LogP contribution in [0.5, 0.6) is 0 Å². The molecule has 0 aliphatic carbocycles. The van der Waals surface area contributed by atoms with Gasteiger partial charge in [0.1, 0.15) is 6.04 Å². The summed E-state index contributed by atoms with van der Waals surface area (Å²) in [5.41, 5.74) is -0.384. The molecule has 0 radical (unpaired) electrons. The van der Waals surface area contributed by atoms with Crippen molar-refractivity contribution >= 4 is 12.0 Å². The second-order valence-electron chi connectivity index (χ2n) is 6.04. The van der Waals surface area contributed by atoms with Gasteiger partial charge in [-0.2, -0.15) is 0 Å². The van der Waals surface area contributed by atoms with Crippen LogP contribution in [0.2, 0.25) is 0 Å². The van der Waals surface area contributed by atoms with Crippen LogP contribution in [-0.2, 0) is 9.53 Å². The Balaban J connectivity index is 2.02. The fraction of sp³-hybridized carbons (Fsp3) is 0.857.